The molecule has 1 fully saturated rings. The summed E-state index contributed by atoms with van der Waals surface area (Å²) in [5, 5.41) is 1.19. The molecule has 0 spiro atoms. The van der Waals surface area contributed by atoms with Gasteiger partial charge in [-0.15, -0.1) is 0 Å². The number of carbonyl (C=O) groups excluding carboxylic acids is 1. The molecule has 1 unspecified atom stereocenters. The molecule has 1 aliphatic rings. The molecule has 1 aromatic heterocycles. The number of nitrogens with zero attached hydrogens (tertiary/aromatic N) is 3. The van der Waals surface area contributed by atoms with Crippen LogP contribution in [0.1, 0.15) is 24.5 Å². The second-order valence-corrected chi connectivity index (χ2v) is 6.62. The van der Waals surface area contributed by atoms with Gasteiger partial charge in [-0.25, -0.2) is 0 Å². The van der Waals surface area contributed by atoms with Crippen molar-refractivity contribution in [1.29, 1.82) is 0 Å². The normalized spacial score (nSPS) is 18.0. The molecule has 0 saturated carbocycles. The number of carbonyl (C=O) groups is 1. The number of anilines is 1. The molecule has 23 heavy (non-hydrogen) atoms. The van der Waals surface area contributed by atoms with E-state index in [0.717, 1.165) is 25.2 Å². The highest BCUT2D eigenvalue weighted by Gasteiger charge is 2.29. The third kappa shape index (κ3) is 2.90. The number of hydrogen-bond donors (Lipinski definition) is 0. The van der Waals surface area contributed by atoms with E-state index in [1.807, 2.05) is 18.0 Å². The van der Waals surface area contributed by atoms with E-state index in [1.54, 1.807) is 0 Å². The van der Waals surface area contributed by atoms with Crippen molar-refractivity contribution in [2.75, 3.05) is 31.6 Å². The van der Waals surface area contributed by atoms with Crippen LogP contribution in [0.25, 0.3) is 10.9 Å². The molecule has 2 heterocycles. The summed E-state index contributed by atoms with van der Waals surface area (Å²) < 4.78 is 0. The highest BCUT2D eigenvalue weighted by atomic mass is 16.2. The number of benzene rings is 1. The summed E-state index contributed by atoms with van der Waals surface area (Å²) in [4.78, 5) is 20.7. The van der Waals surface area contributed by atoms with Gasteiger partial charge in [0.15, 0.2) is 0 Å². The summed E-state index contributed by atoms with van der Waals surface area (Å²) in [6, 6.07) is 6.40. The molecule has 0 bridgehead atoms. The fourth-order valence-electron chi connectivity index (χ4n) is 3.55. The highest BCUT2D eigenvalue weighted by Crippen LogP contribution is 2.29. The Morgan fingerprint density at radius 3 is 2.78 bits per heavy atom. The minimum absolute atomic E-state index is 0.289. The summed E-state index contributed by atoms with van der Waals surface area (Å²) in [5.41, 5.74) is 4.78. The van der Waals surface area contributed by atoms with Gasteiger partial charge < -0.3 is 9.80 Å². The van der Waals surface area contributed by atoms with Crippen molar-refractivity contribution in [3.63, 3.8) is 0 Å². The fourth-order valence-corrected chi connectivity index (χ4v) is 3.55. The standard InChI is InChI=1S/C19H25N3O/c1-5-22-12-15(10-18(22)23)11-21(4)17-8-9-20-19-14(3)13(2)6-7-16(17)19/h6-9,15H,5,10-12H2,1-4H3. The smallest absolute Gasteiger partial charge is 0.222 e. The maximum atomic E-state index is 11.9. The second kappa shape index (κ2) is 6.19. The number of rotatable bonds is 4. The van der Waals surface area contributed by atoms with Gasteiger partial charge in [-0.1, -0.05) is 12.1 Å². The first kappa shape index (κ1) is 15.8. The quantitative estimate of drug-likeness (QED) is 0.870. The molecule has 2 aromatic rings. The van der Waals surface area contributed by atoms with Crippen molar-refractivity contribution in [1.82, 2.24) is 9.88 Å². The zero-order valence-corrected chi connectivity index (χ0v) is 14.5. The first-order valence-electron chi connectivity index (χ1n) is 8.35. The molecule has 0 aliphatic carbocycles. The van der Waals surface area contributed by atoms with Gasteiger partial charge in [0, 0.05) is 56.3 Å². The SMILES string of the molecule is CCN1CC(CN(C)c2ccnc3c(C)c(C)ccc23)CC1=O. The van der Waals surface area contributed by atoms with Crippen molar-refractivity contribution in [3.8, 4) is 0 Å². The lowest BCUT2D eigenvalue weighted by Gasteiger charge is -2.24. The van der Waals surface area contributed by atoms with E-state index in [9.17, 15) is 4.79 Å². The lowest BCUT2D eigenvalue weighted by Crippen LogP contribution is -2.29. The van der Waals surface area contributed by atoms with E-state index < -0.39 is 0 Å². The van der Waals surface area contributed by atoms with Gasteiger partial charge in [0.2, 0.25) is 5.91 Å². The Kier molecular flexibility index (Phi) is 4.24. The van der Waals surface area contributed by atoms with Gasteiger partial charge in [-0.05, 0) is 38.0 Å². The van der Waals surface area contributed by atoms with Crippen molar-refractivity contribution in [2.45, 2.75) is 27.2 Å². The van der Waals surface area contributed by atoms with Crippen LogP contribution >= 0.6 is 0 Å². The highest BCUT2D eigenvalue weighted by molar-refractivity contribution is 5.94. The molecule has 1 amide bonds. The third-order valence-electron chi connectivity index (χ3n) is 5.03. The number of fused-ring (bicyclic) bond motifs is 1. The number of aromatic nitrogens is 1. The minimum atomic E-state index is 0.289. The molecule has 3 rings (SSSR count). The summed E-state index contributed by atoms with van der Waals surface area (Å²) in [5.74, 6) is 0.694. The number of aryl methyl sites for hydroxylation is 2. The Labute approximate surface area is 138 Å². The van der Waals surface area contributed by atoms with Gasteiger partial charge in [-0.3, -0.25) is 9.78 Å². The summed E-state index contributed by atoms with van der Waals surface area (Å²) in [6.45, 7) is 8.88. The van der Waals surface area contributed by atoms with E-state index in [0.29, 0.717) is 12.3 Å². The predicted octanol–water partition coefficient (Wildman–Crippen LogP) is 3.16. The lowest BCUT2D eigenvalue weighted by molar-refractivity contribution is -0.127. The molecular weight excluding hydrogens is 286 g/mol. The van der Waals surface area contributed by atoms with Crippen LogP contribution in [0.5, 0.6) is 0 Å². The number of pyridine rings is 1. The largest absolute Gasteiger partial charge is 0.374 e. The Bertz CT molecular complexity index is 741. The molecule has 0 radical (unpaired) electrons. The molecule has 122 valence electrons. The molecule has 1 aliphatic heterocycles. The summed E-state index contributed by atoms with van der Waals surface area (Å²) in [7, 11) is 2.11. The van der Waals surface area contributed by atoms with Crippen LogP contribution in [0.2, 0.25) is 0 Å². The minimum Gasteiger partial charge on any atom is -0.374 e. The van der Waals surface area contributed by atoms with Crippen LogP contribution in [0, 0.1) is 19.8 Å². The van der Waals surface area contributed by atoms with Gasteiger partial charge in [0.25, 0.3) is 0 Å². The van der Waals surface area contributed by atoms with Crippen molar-refractivity contribution in [2.24, 2.45) is 5.92 Å². The van der Waals surface area contributed by atoms with Crippen LogP contribution in [0.15, 0.2) is 24.4 Å². The average molecular weight is 311 g/mol. The van der Waals surface area contributed by atoms with E-state index in [-0.39, 0.29) is 5.91 Å². The number of amides is 1. The Morgan fingerprint density at radius 2 is 2.09 bits per heavy atom. The van der Waals surface area contributed by atoms with Crippen molar-refractivity contribution >= 4 is 22.5 Å². The van der Waals surface area contributed by atoms with Crippen LogP contribution in [0.3, 0.4) is 0 Å². The van der Waals surface area contributed by atoms with Crippen molar-refractivity contribution in [3.05, 3.63) is 35.5 Å². The van der Waals surface area contributed by atoms with Gasteiger partial charge in [-0.2, -0.15) is 0 Å². The fraction of sp³-hybridized carbons (Fsp3) is 0.474. The summed E-state index contributed by atoms with van der Waals surface area (Å²) in [6.07, 6.45) is 2.55. The van der Waals surface area contributed by atoms with E-state index in [2.05, 4.69) is 49.0 Å². The third-order valence-corrected chi connectivity index (χ3v) is 5.03. The molecular formula is C19H25N3O. The van der Waals surface area contributed by atoms with Gasteiger partial charge in [0.1, 0.15) is 0 Å². The lowest BCUT2D eigenvalue weighted by atomic mass is 10.0. The Balaban J connectivity index is 1.86. The zero-order chi connectivity index (χ0) is 16.6. The Morgan fingerprint density at radius 1 is 1.30 bits per heavy atom. The molecule has 0 N–H and O–H groups in total. The van der Waals surface area contributed by atoms with Gasteiger partial charge in [0.05, 0.1) is 5.52 Å². The summed E-state index contributed by atoms with van der Waals surface area (Å²) >= 11 is 0. The first-order valence-corrected chi connectivity index (χ1v) is 8.35. The molecule has 4 nitrogen and oxygen atoms in total. The first-order chi connectivity index (χ1) is 11.0. The molecule has 1 atom stereocenters. The average Bonchev–Trinajstić information content (AvgIpc) is 2.90. The topological polar surface area (TPSA) is 36.4 Å². The molecule has 1 aromatic carbocycles. The van der Waals surface area contributed by atoms with Gasteiger partial charge >= 0.3 is 0 Å². The predicted molar refractivity (Wildman–Crippen MR) is 94.8 cm³/mol. The maximum absolute atomic E-state index is 11.9. The molecule has 1 saturated heterocycles. The number of likely N-dealkylation sites (tertiary alicyclic amines) is 1. The van der Waals surface area contributed by atoms with Crippen LogP contribution in [-0.2, 0) is 4.79 Å². The monoisotopic (exact) mass is 311 g/mol. The van der Waals surface area contributed by atoms with Crippen LogP contribution in [0.4, 0.5) is 5.69 Å². The van der Waals surface area contributed by atoms with Crippen molar-refractivity contribution < 1.29 is 4.79 Å². The van der Waals surface area contributed by atoms with Crippen LogP contribution < -0.4 is 4.90 Å². The zero-order valence-electron chi connectivity index (χ0n) is 14.5. The van der Waals surface area contributed by atoms with E-state index in [4.69, 9.17) is 0 Å². The number of hydrogen-bond acceptors (Lipinski definition) is 3. The van der Waals surface area contributed by atoms with Crippen LogP contribution in [-0.4, -0.2) is 42.5 Å². The maximum Gasteiger partial charge on any atom is 0.222 e. The second-order valence-electron chi connectivity index (χ2n) is 6.62. The van der Waals surface area contributed by atoms with E-state index in [1.165, 1.54) is 22.2 Å². The van der Waals surface area contributed by atoms with E-state index >= 15 is 0 Å². The Hall–Kier alpha value is -2.10. The molecule has 4 heteroatoms.